The quantitative estimate of drug-likeness (QED) is 0.508. The van der Waals surface area contributed by atoms with Gasteiger partial charge in [0.15, 0.2) is 0 Å². The van der Waals surface area contributed by atoms with Gasteiger partial charge in [0, 0.05) is 101 Å². The summed E-state index contributed by atoms with van der Waals surface area (Å²) >= 11 is 0. The van der Waals surface area contributed by atoms with Crippen molar-refractivity contribution >= 4 is 6.16 Å². The van der Waals surface area contributed by atoms with Crippen molar-refractivity contribution in [3.63, 3.8) is 0 Å². The largest absolute Gasteiger partial charge is 0.503 e. The molecular formula is CH4Co2Mn2Ni2O4. The first-order chi connectivity index (χ1) is 1.73. The summed E-state index contributed by atoms with van der Waals surface area (Å²) in [6.45, 7) is 0. The summed E-state index contributed by atoms with van der Waals surface area (Å²) in [6, 6.07) is 0. The van der Waals surface area contributed by atoms with Crippen LogP contribution < -0.4 is 0 Å². The van der Waals surface area contributed by atoms with Crippen molar-refractivity contribution in [2.45, 2.75) is 0 Å². The molecule has 0 fully saturated rings. The molecule has 0 aromatic rings. The summed E-state index contributed by atoms with van der Waals surface area (Å²) in [5, 5.41) is 13.9. The van der Waals surface area contributed by atoms with Crippen LogP contribution in [0.15, 0.2) is 0 Å². The van der Waals surface area contributed by atoms with Crippen molar-refractivity contribution in [3.05, 3.63) is 0 Å². The van der Waals surface area contributed by atoms with Crippen LogP contribution in [0.1, 0.15) is 0 Å². The van der Waals surface area contributed by atoms with Crippen LogP contribution in [0.25, 0.3) is 0 Å². The van der Waals surface area contributed by atoms with E-state index in [9.17, 15) is 0 Å². The van der Waals surface area contributed by atoms with Gasteiger partial charge < -0.3 is 15.7 Å². The number of rotatable bonds is 0. The monoisotopic (exact) mass is 424 g/mol. The average molecular weight is 425 g/mol. The van der Waals surface area contributed by atoms with E-state index in [1.54, 1.807) is 0 Å². The van der Waals surface area contributed by atoms with E-state index in [1.807, 2.05) is 0 Å². The minimum Gasteiger partial charge on any atom is -0.450 e. The van der Waals surface area contributed by atoms with E-state index in [1.165, 1.54) is 0 Å². The Morgan fingerprint density at radius 2 is 0.909 bits per heavy atom. The summed E-state index contributed by atoms with van der Waals surface area (Å²) in [5.41, 5.74) is 0. The van der Waals surface area contributed by atoms with Crippen molar-refractivity contribution in [2.75, 3.05) is 0 Å². The average Bonchev–Trinajstić information content (AvgIpc) is 0.811. The van der Waals surface area contributed by atoms with E-state index in [2.05, 4.69) is 0 Å². The molecule has 84 valence electrons. The fourth-order valence-corrected chi connectivity index (χ4v) is 0. The summed E-state index contributed by atoms with van der Waals surface area (Å²) in [7, 11) is 0. The predicted molar refractivity (Wildman–Crippen MR) is 14.3 cm³/mol. The van der Waals surface area contributed by atoms with Gasteiger partial charge in [-0.05, 0) is 0 Å². The van der Waals surface area contributed by atoms with Crippen LogP contribution in [-0.2, 0) is 101 Å². The molecule has 0 aromatic heterocycles. The van der Waals surface area contributed by atoms with Gasteiger partial charge >= 0.3 is 6.16 Å². The van der Waals surface area contributed by atoms with E-state index in [-0.39, 0.29) is 106 Å². The predicted octanol–water partition coefficient (Wildman–Crippen LogP) is -0.617. The molecule has 0 saturated carbocycles. The van der Waals surface area contributed by atoms with Crippen LogP contribution in [0.2, 0.25) is 0 Å². The molecule has 10 heteroatoms. The van der Waals surface area contributed by atoms with Gasteiger partial charge in [-0.15, -0.1) is 0 Å². The minimum absolute atomic E-state index is 0. The second-order valence-corrected chi connectivity index (χ2v) is 0.283. The molecule has 4 radical (unpaired) electrons. The van der Waals surface area contributed by atoms with Gasteiger partial charge in [-0.3, -0.25) is 0 Å². The Labute approximate surface area is 126 Å². The van der Waals surface area contributed by atoms with Crippen molar-refractivity contribution in [1.82, 2.24) is 0 Å². The molecule has 0 aliphatic heterocycles. The van der Waals surface area contributed by atoms with E-state index in [4.69, 9.17) is 15.0 Å². The molecule has 0 saturated heterocycles. The van der Waals surface area contributed by atoms with Crippen molar-refractivity contribution in [1.29, 1.82) is 0 Å². The molecule has 11 heavy (non-hydrogen) atoms. The third-order valence-electron chi connectivity index (χ3n) is 0. The van der Waals surface area contributed by atoms with Crippen LogP contribution in [-0.4, -0.2) is 21.8 Å². The van der Waals surface area contributed by atoms with Crippen LogP contribution in [0.3, 0.4) is 0 Å². The van der Waals surface area contributed by atoms with E-state index < -0.39 is 6.16 Å². The van der Waals surface area contributed by atoms with E-state index >= 15 is 0 Å². The fraction of sp³-hybridized carbons (Fsp3) is 0. The molecule has 0 atom stereocenters. The number of hydrogen-bond donors (Lipinski definition) is 2. The first kappa shape index (κ1) is 71.9. The molecule has 0 spiro atoms. The zero-order chi connectivity index (χ0) is 3.58. The van der Waals surface area contributed by atoms with Crippen molar-refractivity contribution in [2.24, 2.45) is 0 Å². The number of hydrogen-bond acceptors (Lipinski definition) is 1. The van der Waals surface area contributed by atoms with Crippen LogP contribution in [0.4, 0.5) is 4.79 Å². The SMILES string of the molecule is O.O=C(O)O.[Co].[Co].[Mn].[Mn].[Ni].[Ni]. The number of carboxylic acid groups (broad SMARTS) is 2. The zero-order valence-corrected chi connectivity index (χ0v) is 10.8. The molecule has 0 aromatic carbocycles. The molecule has 0 unspecified atom stereocenters. The maximum atomic E-state index is 8.56. The molecule has 4 N–H and O–H groups in total. The van der Waals surface area contributed by atoms with Crippen molar-refractivity contribution < 1.29 is 121 Å². The molecule has 0 aliphatic carbocycles. The second kappa shape index (κ2) is 56.1. The molecular weight excluding hydrogens is 421 g/mol. The van der Waals surface area contributed by atoms with Gasteiger partial charge in [0.1, 0.15) is 0 Å². The third-order valence-corrected chi connectivity index (χ3v) is 0. The van der Waals surface area contributed by atoms with Gasteiger partial charge in [-0.1, -0.05) is 0 Å². The fourth-order valence-electron chi connectivity index (χ4n) is 0. The molecule has 0 rings (SSSR count). The smallest absolute Gasteiger partial charge is 0.450 e. The van der Waals surface area contributed by atoms with Gasteiger partial charge in [0.2, 0.25) is 0 Å². The molecule has 0 amide bonds. The van der Waals surface area contributed by atoms with Crippen LogP contribution in [0, 0.1) is 0 Å². The Balaban J connectivity index is -0.00000000214. The molecule has 0 aliphatic rings. The molecule has 4 nitrogen and oxygen atoms in total. The maximum Gasteiger partial charge on any atom is 0.503 e. The number of carbonyl (C=O) groups is 1. The Hall–Kier alpha value is 2.27. The molecule has 0 heterocycles. The molecule has 0 bridgehead atoms. The Morgan fingerprint density at radius 3 is 0.909 bits per heavy atom. The Kier molecular flexibility index (Phi) is 367. The van der Waals surface area contributed by atoms with Gasteiger partial charge in [-0.25, -0.2) is 4.79 Å². The van der Waals surface area contributed by atoms with E-state index in [0.29, 0.717) is 0 Å². The normalized spacial score (nSPS) is 2.18. The third kappa shape index (κ3) is 251. The van der Waals surface area contributed by atoms with Gasteiger partial charge in [0.25, 0.3) is 0 Å². The Morgan fingerprint density at radius 1 is 0.909 bits per heavy atom. The van der Waals surface area contributed by atoms with Crippen LogP contribution in [0.5, 0.6) is 0 Å². The minimum atomic E-state index is -1.83. The van der Waals surface area contributed by atoms with E-state index in [0.717, 1.165) is 0 Å². The first-order valence-corrected chi connectivity index (χ1v) is 0.651. The second-order valence-electron chi connectivity index (χ2n) is 0.283. The van der Waals surface area contributed by atoms with Gasteiger partial charge in [-0.2, -0.15) is 0 Å². The maximum absolute atomic E-state index is 8.56. The summed E-state index contributed by atoms with van der Waals surface area (Å²) in [4.78, 5) is 8.56. The summed E-state index contributed by atoms with van der Waals surface area (Å²) < 4.78 is 0. The Bertz CT molecular complexity index is 47.1. The van der Waals surface area contributed by atoms with Crippen molar-refractivity contribution in [3.8, 4) is 0 Å². The topological polar surface area (TPSA) is 89.0 Å². The van der Waals surface area contributed by atoms with Gasteiger partial charge in [0.05, 0.1) is 0 Å². The first-order valence-electron chi connectivity index (χ1n) is 0.651. The summed E-state index contributed by atoms with van der Waals surface area (Å²) in [5.74, 6) is 0. The zero-order valence-electron chi connectivity index (χ0n) is 4.36. The van der Waals surface area contributed by atoms with Crippen LogP contribution >= 0.6 is 0 Å². The standard InChI is InChI=1S/CH2O3.2Co.2Mn.2Ni.H2O/c2-1(3)4;;;;;;;/h(H2,2,3,4);;;;;;;1H2. The summed E-state index contributed by atoms with van der Waals surface area (Å²) in [6.07, 6.45) is -1.83.